The number of phenolic OH excluding ortho intramolecular Hbond substituents is 2. The van der Waals surface area contributed by atoms with Gasteiger partial charge in [0.1, 0.15) is 0 Å². The van der Waals surface area contributed by atoms with Crippen LogP contribution in [0.5, 0.6) is 11.5 Å². The highest BCUT2D eigenvalue weighted by molar-refractivity contribution is 5.40. The van der Waals surface area contributed by atoms with Crippen molar-refractivity contribution in [3.63, 3.8) is 0 Å². The molecule has 0 saturated carbocycles. The molecular weight excluding hydrogens is 218 g/mol. The molecule has 1 aromatic carbocycles. The Morgan fingerprint density at radius 1 is 1.35 bits per heavy atom. The molecule has 1 atom stereocenters. The fourth-order valence-corrected chi connectivity index (χ4v) is 2.13. The van der Waals surface area contributed by atoms with Gasteiger partial charge in [-0.25, -0.2) is 0 Å². The zero-order chi connectivity index (χ0) is 12.3. The summed E-state index contributed by atoms with van der Waals surface area (Å²) in [4.78, 5) is 0. The van der Waals surface area contributed by atoms with Gasteiger partial charge < -0.3 is 20.3 Å². The Morgan fingerprint density at radius 3 is 2.82 bits per heavy atom. The van der Waals surface area contributed by atoms with E-state index in [-0.39, 0.29) is 17.1 Å². The Hall–Kier alpha value is -1.26. The van der Waals surface area contributed by atoms with Crippen LogP contribution in [0.15, 0.2) is 18.2 Å². The van der Waals surface area contributed by atoms with E-state index in [9.17, 15) is 10.2 Å². The molecule has 0 aromatic heterocycles. The number of phenols is 2. The van der Waals surface area contributed by atoms with E-state index in [1.54, 1.807) is 12.1 Å². The van der Waals surface area contributed by atoms with E-state index >= 15 is 0 Å². The molecule has 1 fully saturated rings. The van der Waals surface area contributed by atoms with Crippen LogP contribution in [-0.4, -0.2) is 29.0 Å². The summed E-state index contributed by atoms with van der Waals surface area (Å²) >= 11 is 0. The third kappa shape index (κ3) is 3.11. The maximum Gasteiger partial charge on any atom is 0.157 e. The first-order valence-electron chi connectivity index (χ1n) is 5.95. The van der Waals surface area contributed by atoms with Crippen LogP contribution in [-0.2, 0) is 11.3 Å². The predicted octanol–water partition coefficient (Wildman–Crippen LogP) is 1.76. The lowest BCUT2D eigenvalue weighted by Gasteiger charge is -2.23. The molecule has 1 aliphatic rings. The van der Waals surface area contributed by atoms with Crippen LogP contribution in [0.25, 0.3) is 0 Å². The minimum absolute atomic E-state index is 0.0566. The lowest BCUT2D eigenvalue weighted by Crippen LogP contribution is -2.36. The average molecular weight is 237 g/mol. The number of nitrogens with one attached hydrogen (secondary N) is 1. The molecular formula is C13H19NO3. The van der Waals surface area contributed by atoms with Crippen molar-refractivity contribution in [2.24, 2.45) is 0 Å². The third-order valence-corrected chi connectivity index (χ3v) is 3.17. The topological polar surface area (TPSA) is 61.7 Å². The van der Waals surface area contributed by atoms with E-state index in [0.29, 0.717) is 6.54 Å². The maximum absolute atomic E-state index is 9.36. The molecule has 1 heterocycles. The normalized spacial score (nSPS) is 24.1. The molecule has 0 bridgehead atoms. The summed E-state index contributed by atoms with van der Waals surface area (Å²) in [6.07, 6.45) is 2.21. The largest absolute Gasteiger partial charge is 0.504 e. The van der Waals surface area contributed by atoms with E-state index in [1.165, 1.54) is 6.07 Å². The van der Waals surface area contributed by atoms with Crippen molar-refractivity contribution in [1.82, 2.24) is 5.32 Å². The molecule has 0 spiro atoms. The molecule has 1 aromatic rings. The number of rotatable bonds is 4. The molecule has 4 heteroatoms. The standard InChI is InChI=1S/C13H19NO3/c1-13(5-2-6-17-13)9-14-8-10-3-4-11(15)12(16)7-10/h3-4,7,14-16H,2,5-6,8-9H2,1H3. The van der Waals surface area contributed by atoms with Gasteiger partial charge in [0, 0.05) is 19.7 Å². The Morgan fingerprint density at radius 2 is 2.18 bits per heavy atom. The second kappa shape index (κ2) is 4.94. The molecule has 94 valence electrons. The predicted molar refractivity (Wildman–Crippen MR) is 65.1 cm³/mol. The van der Waals surface area contributed by atoms with Gasteiger partial charge in [0.05, 0.1) is 5.60 Å². The van der Waals surface area contributed by atoms with Crippen molar-refractivity contribution in [1.29, 1.82) is 0 Å². The molecule has 1 unspecified atom stereocenters. The lowest BCUT2D eigenvalue weighted by atomic mass is 10.0. The van der Waals surface area contributed by atoms with Crippen molar-refractivity contribution in [3.8, 4) is 11.5 Å². The van der Waals surface area contributed by atoms with Crippen LogP contribution in [0.3, 0.4) is 0 Å². The van der Waals surface area contributed by atoms with Gasteiger partial charge in [0.15, 0.2) is 11.5 Å². The smallest absolute Gasteiger partial charge is 0.157 e. The van der Waals surface area contributed by atoms with Crippen molar-refractivity contribution < 1.29 is 14.9 Å². The first kappa shape index (κ1) is 12.2. The summed E-state index contributed by atoms with van der Waals surface area (Å²) in [5, 5.41) is 21.9. The molecule has 17 heavy (non-hydrogen) atoms. The molecule has 3 N–H and O–H groups in total. The zero-order valence-electron chi connectivity index (χ0n) is 10.1. The molecule has 1 aliphatic heterocycles. The molecule has 0 aliphatic carbocycles. The monoisotopic (exact) mass is 237 g/mol. The summed E-state index contributed by atoms with van der Waals surface area (Å²) in [7, 11) is 0. The molecule has 0 amide bonds. The van der Waals surface area contributed by atoms with Gasteiger partial charge >= 0.3 is 0 Å². The van der Waals surface area contributed by atoms with E-state index in [1.807, 2.05) is 0 Å². The molecule has 2 rings (SSSR count). The highest BCUT2D eigenvalue weighted by Gasteiger charge is 2.28. The van der Waals surface area contributed by atoms with Crippen molar-refractivity contribution in [2.45, 2.75) is 31.9 Å². The van der Waals surface area contributed by atoms with Crippen LogP contribution in [0.4, 0.5) is 0 Å². The molecule has 4 nitrogen and oxygen atoms in total. The first-order valence-corrected chi connectivity index (χ1v) is 5.95. The molecule has 1 saturated heterocycles. The number of hydrogen-bond acceptors (Lipinski definition) is 4. The second-order valence-corrected chi connectivity index (χ2v) is 4.83. The maximum atomic E-state index is 9.36. The quantitative estimate of drug-likeness (QED) is 0.698. The van der Waals surface area contributed by atoms with E-state index < -0.39 is 0 Å². The summed E-state index contributed by atoms with van der Waals surface area (Å²) in [6, 6.07) is 4.86. The van der Waals surface area contributed by atoms with E-state index in [0.717, 1.165) is 31.6 Å². The lowest BCUT2D eigenvalue weighted by molar-refractivity contribution is 0.0207. The summed E-state index contributed by atoms with van der Waals surface area (Å²) in [6.45, 7) is 4.42. The highest BCUT2D eigenvalue weighted by Crippen LogP contribution is 2.26. The van der Waals surface area contributed by atoms with Crippen LogP contribution in [0, 0.1) is 0 Å². The van der Waals surface area contributed by atoms with Crippen molar-refractivity contribution >= 4 is 0 Å². The summed E-state index contributed by atoms with van der Waals surface area (Å²) in [5.41, 5.74) is 0.890. The van der Waals surface area contributed by atoms with Gasteiger partial charge in [-0.1, -0.05) is 6.07 Å². The number of ether oxygens (including phenoxy) is 1. The van der Waals surface area contributed by atoms with Crippen LogP contribution < -0.4 is 5.32 Å². The summed E-state index contributed by atoms with van der Waals surface area (Å²) in [5.74, 6) is -0.160. The number of hydrogen-bond donors (Lipinski definition) is 3. The van der Waals surface area contributed by atoms with Crippen LogP contribution >= 0.6 is 0 Å². The zero-order valence-corrected chi connectivity index (χ0v) is 10.1. The van der Waals surface area contributed by atoms with Gasteiger partial charge in [-0.3, -0.25) is 0 Å². The van der Waals surface area contributed by atoms with Gasteiger partial charge in [0.2, 0.25) is 0 Å². The Bertz CT molecular complexity index is 386. The summed E-state index contributed by atoms with van der Waals surface area (Å²) < 4.78 is 5.67. The Kier molecular flexibility index (Phi) is 3.54. The fourth-order valence-electron chi connectivity index (χ4n) is 2.13. The van der Waals surface area contributed by atoms with E-state index in [2.05, 4.69) is 12.2 Å². The van der Waals surface area contributed by atoms with Gasteiger partial charge in [-0.15, -0.1) is 0 Å². The number of benzene rings is 1. The minimum atomic E-state index is -0.0835. The Labute approximate surface area is 101 Å². The molecule has 0 radical (unpaired) electrons. The van der Waals surface area contributed by atoms with E-state index in [4.69, 9.17) is 4.74 Å². The third-order valence-electron chi connectivity index (χ3n) is 3.17. The minimum Gasteiger partial charge on any atom is -0.504 e. The number of aromatic hydroxyl groups is 2. The average Bonchev–Trinajstić information content (AvgIpc) is 2.71. The van der Waals surface area contributed by atoms with Gasteiger partial charge in [-0.2, -0.15) is 0 Å². The van der Waals surface area contributed by atoms with Gasteiger partial charge in [0.25, 0.3) is 0 Å². The SMILES string of the molecule is CC1(CNCc2ccc(O)c(O)c2)CCCO1. The van der Waals surface area contributed by atoms with Crippen LogP contribution in [0.2, 0.25) is 0 Å². The van der Waals surface area contributed by atoms with Crippen LogP contribution in [0.1, 0.15) is 25.3 Å². The fraction of sp³-hybridized carbons (Fsp3) is 0.538. The van der Waals surface area contributed by atoms with Crippen molar-refractivity contribution in [3.05, 3.63) is 23.8 Å². The first-order chi connectivity index (χ1) is 8.09. The Balaban J connectivity index is 1.83. The van der Waals surface area contributed by atoms with Crippen molar-refractivity contribution in [2.75, 3.05) is 13.2 Å². The highest BCUT2D eigenvalue weighted by atomic mass is 16.5. The van der Waals surface area contributed by atoms with Gasteiger partial charge in [-0.05, 0) is 37.5 Å². The second-order valence-electron chi connectivity index (χ2n) is 4.83.